The molecule has 1 N–H and O–H groups in total. The average molecular weight is 329 g/mol. The summed E-state index contributed by atoms with van der Waals surface area (Å²) in [4.78, 5) is 34.7. The number of Topliss-reactive ketones (excluding diaryl/α,β-unsaturated/α-hetero) is 1. The molecular weight excluding hydrogens is 312 g/mol. The number of ether oxygens (including phenoxy) is 2. The van der Waals surface area contributed by atoms with E-state index in [4.69, 9.17) is 4.74 Å². The zero-order valence-corrected chi connectivity index (χ0v) is 13.2. The van der Waals surface area contributed by atoms with Crippen molar-refractivity contribution in [1.29, 1.82) is 0 Å². The maximum Gasteiger partial charge on any atom is 0.412 e. The van der Waals surface area contributed by atoms with Crippen LogP contribution in [0.3, 0.4) is 0 Å². The second-order valence-electron chi connectivity index (χ2n) is 5.50. The number of amides is 1. The van der Waals surface area contributed by atoms with Crippen molar-refractivity contribution in [2.75, 3.05) is 11.9 Å². The number of anilines is 1. The lowest BCUT2D eigenvalue weighted by Gasteiger charge is -2.20. The number of carbonyl (C=O) groups is 3. The van der Waals surface area contributed by atoms with Gasteiger partial charge in [-0.2, -0.15) is 0 Å². The summed E-state index contributed by atoms with van der Waals surface area (Å²) in [6.07, 6.45) is -1.03. The Labute approximate surface area is 131 Å². The van der Waals surface area contributed by atoms with Gasteiger partial charge in [-0.15, -0.1) is 0 Å². The molecule has 0 saturated carbocycles. The SMILES string of the molecule is CCOC(=O)C(=O)c1cc(F)c(F)c(NC(=O)OC(C)(C)C)c1. The summed E-state index contributed by atoms with van der Waals surface area (Å²) in [6, 6.07) is 1.39. The third-order valence-corrected chi connectivity index (χ3v) is 2.39. The van der Waals surface area contributed by atoms with E-state index in [1.807, 2.05) is 5.32 Å². The van der Waals surface area contributed by atoms with Gasteiger partial charge < -0.3 is 9.47 Å². The maximum absolute atomic E-state index is 13.7. The van der Waals surface area contributed by atoms with Crippen molar-refractivity contribution < 1.29 is 32.6 Å². The first kappa shape index (κ1) is 18.5. The van der Waals surface area contributed by atoms with Crippen LogP contribution in [0.25, 0.3) is 0 Å². The van der Waals surface area contributed by atoms with Gasteiger partial charge in [0.1, 0.15) is 5.60 Å². The third-order valence-electron chi connectivity index (χ3n) is 2.39. The number of hydrogen-bond acceptors (Lipinski definition) is 5. The summed E-state index contributed by atoms with van der Waals surface area (Å²) in [5.41, 5.74) is -1.92. The van der Waals surface area contributed by atoms with E-state index >= 15 is 0 Å². The fourth-order valence-corrected chi connectivity index (χ4v) is 1.54. The number of ketones is 1. The summed E-state index contributed by atoms with van der Waals surface area (Å²) >= 11 is 0. The van der Waals surface area contributed by atoms with Crippen molar-refractivity contribution in [3.05, 3.63) is 29.3 Å². The molecule has 0 unspecified atom stereocenters. The molecule has 1 rings (SSSR count). The van der Waals surface area contributed by atoms with Gasteiger partial charge in [0.05, 0.1) is 12.3 Å². The van der Waals surface area contributed by atoms with E-state index < -0.39 is 46.3 Å². The van der Waals surface area contributed by atoms with Crippen LogP contribution < -0.4 is 5.32 Å². The van der Waals surface area contributed by atoms with E-state index in [0.29, 0.717) is 6.07 Å². The highest BCUT2D eigenvalue weighted by Crippen LogP contribution is 2.21. The van der Waals surface area contributed by atoms with Crippen molar-refractivity contribution in [1.82, 2.24) is 0 Å². The first-order valence-electron chi connectivity index (χ1n) is 6.75. The molecule has 0 aliphatic heterocycles. The van der Waals surface area contributed by atoms with Gasteiger partial charge in [-0.3, -0.25) is 10.1 Å². The molecule has 0 heterocycles. The Bertz CT molecular complexity index is 637. The highest BCUT2D eigenvalue weighted by atomic mass is 19.2. The highest BCUT2D eigenvalue weighted by Gasteiger charge is 2.23. The molecule has 0 aliphatic rings. The number of esters is 1. The van der Waals surface area contributed by atoms with Gasteiger partial charge in [0.2, 0.25) is 0 Å². The molecule has 0 radical (unpaired) electrons. The molecule has 8 heteroatoms. The molecule has 0 spiro atoms. The first-order chi connectivity index (χ1) is 10.5. The summed E-state index contributed by atoms with van der Waals surface area (Å²) in [7, 11) is 0. The van der Waals surface area contributed by atoms with Gasteiger partial charge in [0.25, 0.3) is 5.78 Å². The molecular formula is C15H17F2NO5. The minimum absolute atomic E-state index is 0.0444. The van der Waals surface area contributed by atoms with Gasteiger partial charge in [0.15, 0.2) is 11.6 Å². The predicted molar refractivity (Wildman–Crippen MR) is 77.2 cm³/mol. The molecule has 1 amide bonds. The molecule has 0 atom stereocenters. The molecule has 0 bridgehead atoms. The predicted octanol–water partition coefficient (Wildman–Crippen LogP) is 3.06. The molecule has 0 saturated heterocycles. The molecule has 6 nitrogen and oxygen atoms in total. The molecule has 1 aromatic rings. The second kappa shape index (κ2) is 7.17. The summed E-state index contributed by atoms with van der Waals surface area (Å²) in [5, 5.41) is 1.99. The normalized spacial score (nSPS) is 10.9. The Balaban J connectivity index is 3.07. The number of benzene rings is 1. The van der Waals surface area contributed by atoms with E-state index in [9.17, 15) is 23.2 Å². The maximum atomic E-state index is 13.7. The smallest absolute Gasteiger partial charge is 0.412 e. The molecule has 0 aromatic heterocycles. The molecule has 126 valence electrons. The topological polar surface area (TPSA) is 81.7 Å². The number of carbonyl (C=O) groups excluding carboxylic acids is 3. The Kier molecular flexibility index (Phi) is 5.78. The van der Waals surface area contributed by atoms with Crippen LogP contribution in [0.2, 0.25) is 0 Å². The largest absolute Gasteiger partial charge is 0.460 e. The van der Waals surface area contributed by atoms with Crippen LogP contribution in [-0.2, 0) is 14.3 Å². The average Bonchev–Trinajstić information content (AvgIpc) is 2.41. The van der Waals surface area contributed by atoms with Crippen LogP contribution in [0.4, 0.5) is 19.3 Å². The van der Waals surface area contributed by atoms with Gasteiger partial charge in [-0.1, -0.05) is 0 Å². The van der Waals surface area contributed by atoms with Crippen molar-refractivity contribution in [3.8, 4) is 0 Å². The van der Waals surface area contributed by atoms with Gasteiger partial charge in [-0.05, 0) is 39.8 Å². The molecule has 23 heavy (non-hydrogen) atoms. The lowest BCUT2D eigenvalue weighted by Crippen LogP contribution is -2.27. The first-order valence-corrected chi connectivity index (χ1v) is 6.75. The summed E-state index contributed by atoms with van der Waals surface area (Å²) in [6.45, 7) is 6.21. The van der Waals surface area contributed by atoms with Crippen LogP contribution in [0.5, 0.6) is 0 Å². The van der Waals surface area contributed by atoms with Crippen molar-refractivity contribution in [2.24, 2.45) is 0 Å². The van der Waals surface area contributed by atoms with Crippen molar-refractivity contribution in [2.45, 2.75) is 33.3 Å². The lowest BCUT2D eigenvalue weighted by molar-refractivity contribution is -0.137. The quantitative estimate of drug-likeness (QED) is 0.521. The minimum atomic E-state index is -1.40. The fraction of sp³-hybridized carbons (Fsp3) is 0.400. The number of hydrogen-bond donors (Lipinski definition) is 1. The summed E-state index contributed by atoms with van der Waals surface area (Å²) in [5.74, 6) is -5.14. The number of rotatable bonds is 4. The molecule has 1 aromatic carbocycles. The van der Waals surface area contributed by atoms with E-state index in [1.54, 1.807) is 20.8 Å². The summed E-state index contributed by atoms with van der Waals surface area (Å²) < 4.78 is 36.7. The van der Waals surface area contributed by atoms with Gasteiger partial charge in [-0.25, -0.2) is 18.4 Å². The minimum Gasteiger partial charge on any atom is -0.460 e. The van der Waals surface area contributed by atoms with E-state index in [0.717, 1.165) is 6.07 Å². The van der Waals surface area contributed by atoms with Gasteiger partial charge in [0, 0.05) is 5.56 Å². The van der Waals surface area contributed by atoms with E-state index in [-0.39, 0.29) is 6.61 Å². The second-order valence-corrected chi connectivity index (χ2v) is 5.50. The lowest BCUT2D eigenvalue weighted by atomic mass is 10.1. The highest BCUT2D eigenvalue weighted by molar-refractivity contribution is 6.40. The Morgan fingerprint density at radius 1 is 1.17 bits per heavy atom. The van der Waals surface area contributed by atoms with Crippen LogP contribution in [0.1, 0.15) is 38.1 Å². The van der Waals surface area contributed by atoms with Crippen LogP contribution >= 0.6 is 0 Å². The monoisotopic (exact) mass is 329 g/mol. The van der Waals surface area contributed by atoms with Crippen LogP contribution in [0.15, 0.2) is 12.1 Å². The number of halogens is 2. The zero-order valence-electron chi connectivity index (χ0n) is 13.2. The standard InChI is InChI=1S/C15H17F2NO5/c1-5-22-13(20)12(19)8-6-9(16)11(17)10(7-8)18-14(21)23-15(2,3)4/h6-7H,5H2,1-4H3,(H,18,21). The van der Waals surface area contributed by atoms with Gasteiger partial charge >= 0.3 is 12.1 Å². The third kappa shape index (κ3) is 5.32. The van der Waals surface area contributed by atoms with E-state index in [1.165, 1.54) is 6.92 Å². The fourth-order valence-electron chi connectivity index (χ4n) is 1.54. The molecule has 0 fully saturated rings. The van der Waals surface area contributed by atoms with Crippen molar-refractivity contribution in [3.63, 3.8) is 0 Å². The number of nitrogens with one attached hydrogen (secondary N) is 1. The van der Waals surface area contributed by atoms with Crippen LogP contribution in [-0.4, -0.2) is 30.1 Å². The Morgan fingerprint density at radius 3 is 2.30 bits per heavy atom. The Hall–Kier alpha value is -2.51. The van der Waals surface area contributed by atoms with E-state index in [2.05, 4.69) is 4.74 Å². The van der Waals surface area contributed by atoms with Crippen molar-refractivity contribution >= 4 is 23.5 Å². The zero-order chi connectivity index (χ0) is 17.8. The van der Waals surface area contributed by atoms with Crippen LogP contribution in [0, 0.1) is 11.6 Å². The molecule has 0 aliphatic carbocycles. The Morgan fingerprint density at radius 2 is 1.78 bits per heavy atom.